The van der Waals surface area contributed by atoms with Crippen LogP contribution >= 0.6 is 7.60 Å². The van der Waals surface area contributed by atoms with Gasteiger partial charge in [-0.05, 0) is 114 Å². The van der Waals surface area contributed by atoms with Crippen molar-refractivity contribution in [3.05, 3.63) is 0 Å². The van der Waals surface area contributed by atoms with Crippen molar-refractivity contribution in [3.8, 4) is 0 Å². The molecule has 0 aromatic carbocycles. The molecule has 0 spiro atoms. The zero-order chi connectivity index (χ0) is 66.6. The highest BCUT2D eigenvalue weighted by Crippen LogP contribution is 2.49. The number of carboxylic acid groups (broad SMARTS) is 3. The molecule has 0 rings (SSSR count). The monoisotopic (exact) mass is 1270 g/mol. The topological polar surface area (TPSA) is 429 Å². The predicted octanol–water partition coefficient (Wildman–Crippen LogP) is 5.65. The minimum Gasteiger partial charge on any atom is -0.481 e. The number of nitrogens with one attached hydrogen (secondary N) is 7. The van der Waals surface area contributed by atoms with Crippen molar-refractivity contribution < 1.29 is 76.9 Å². The van der Waals surface area contributed by atoms with Crippen molar-refractivity contribution in [2.75, 3.05) is 32.5 Å². The van der Waals surface area contributed by atoms with Gasteiger partial charge in [0, 0.05) is 12.8 Å². The number of hydrogen-bond acceptors (Lipinski definition) is 16. The molecule has 0 saturated heterocycles. The van der Waals surface area contributed by atoms with E-state index < -0.39 is 147 Å². The van der Waals surface area contributed by atoms with Crippen LogP contribution in [0, 0.1) is 17.8 Å². The van der Waals surface area contributed by atoms with E-state index in [1.807, 2.05) is 0 Å². The Kier molecular flexibility index (Phi) is 45.7. The molecule has 1 unspecified atom stereocenters. The Hall–Kier alpha value is -5.27. The first kappa shape index (κ1) is 82.7. The maximum absolute atomic E-state index is 14.3. The van der Waals surface area contributed by atoms with Gasteiger partial charge < -0.3 is 78.8 Å². The molecule has 0 aromatic heterocycles. The first-order valence-electron chi connectivity index (χ1n) is 32.5. The number of aliphatic carboxylic acids is 3. The molecular weight excluding hydrogens is 1160 g/mol. The summed E-state index contributed by atoms with van der Waals surface area (Å²) in [6.07, 6.45) is 13.4. The number of hydrogen-bond donors (Lipinski definition) is 13. The van der Waals surface area contributed by atoms with Gasteiger partial charge >= 0.3 is 25.5 Å². The number of nitrogens with two attached hydrogens (primary N) is 3. The van der Waals surface area contributed by atoms with Crippen molar-refractivity contribution in [2.24, 2.45) is 35.0 Å². The lowest BCUT2D eigenvalue weighted by atomic mass is 9.99. The molecule has 9 atom stereocenters. The molecule has 26 nitrogen and oxygen atoms in total. The van der Waals surface area contributed by atoms with Gasteiger partial charge in [0.05, 0.1) is 19.4 Å². The van der Waals surface area contributed by atoms with Crippen LogP contribution in [0.4, 0.5) is 0 Å². The standard InChI is InChI=1S/C61H115N10O16P/c1-9-11-13-15-17-18-20-26-36-88(85,86-35-25-19-16-14-12-10-2)87-40-44(64)54(76)65-45(27-21-23-33-62)55(77)67-48(30-32-53(74)75)58(80)70-49(37-41(3)4)59(81)68-47(29-31-52(72)73)57(79)66-46(28-22-24-34-63)56(78)69-50(38-42(5)6)60(82)71-51(61(83)84)39-43(7)8/h41-51H,9-40,62-64H2,1-8H3,(H,65,76)(H,66,79)(H,67,77)(H,68,81)(H,69,78)(H,70,80)(H,71,82)(H,72,73)(H,74,75)(H,83,84)/t44-,45-,46-,47-,48-,49-,50-,51-,88?/m0/s1. The summed E-state index contributed by atoms with van der Waals surface area (Å²) < 4.78 is 25.8. The normalized spacial score (nSPS) is 14.9. The summed E-state index contributed by atoms with van der Waals surface area (Å²) in [6.45, 7) is 15.1. The van der Waals surface area contributed by atoms with Gasteiger partial charge in [-0.1, -0.05) is 132 Å². The lowest BCUT2D eigenvalue weighted by Crippen LogP contribution is -2.60. The number of carboxylic acids is 3. The van der Waals surface area contributed by atoms with E-state index >= 15 is 0 Å². The molecular formula is C61H115N10O16P. The molecule has 0 aromatic rings. The van der Waals surface area contributed by atoms with Crippen LogP contribution in [-0.2, 0) is 61.6 Å². The summed E-state index contributed by atoms with van der Waals surface area (Å²) in [5, 5.41) is 47.2. The van der Waals surface area contributed by atoms with Gasteiger partial charge in [-0.25, -0.2) is 4.79 Å². The van der Waals surface area contributed by atoms with E-state index in [9.17, 15) is 67.8 Å². The Balaban J connectivity index is 6.72. The van der Waals surface area contributed by atoms with Crippen LogP contribution < -0.4 is 54.4 Å². The number of amides is 7. The average Bonchev–Trinajstić information content (AvgIpc) is 3.28. The third kappa shape index (κ3) is 39.7. The third-order valence-corrected chi connectivity index (χ3v) is 16.6. The second kappa shape index (κ2) is 48.6. The zero-order valence-electron chi connectivity index (χ0n) is 54.3. The van der Waals surface area contributed by atoms with E-state index in [1.54, 1.807) is 41.5 Å². The molecule has 27 heteroatoms. The third-order valence-electron chi connectivity index (χ3n) is 14.6. The fourth-order valence-electron chi connectivity index (χ4n) is 9.57. The van der Waals surface area contributed by atoms with Crippen LogP contribution in [0.3, 0.4) is 0 Å². The molecule has 0 aliphatic heterocycles. The number of carbonyl (C=O) groups excluding carboxylic acids is 7. The van der Waals surface area contributed by atoms with Crippen LogP contribution in [0.25, 0.3) is 0 Å². The van der Waals surface area contributed by atoms with Gasteiger partial charge in [-0.3, -0.25) is 47.7 Å². The van der Waals surface area contributed by atoms with Gasteiger partial charge in [0.15, 0.2) is 0 Å². The lowest BCUT2D eigenvalue weighted by molar-refractivity contribution is -0.143. The Morgan fingerprint density at radius 2 is 0.716 bits per heavy atom. The summed E-state index contributed by atoms with van der Waals surface area (Å²) in [4.78, 5) is 134. The Bertz CT molecular complexity index is 2120. The van der Waals surface area contributed by atoms with Gasteiger partial charge in [0.25, 0.3) is 0 Å². The maximum atomic E-state index is 14.3. The fourth-order valence-corrected chi connectivity index (χ4v) is 11.3. The minimum atomic E-state index is -3.70. The van der Waals surface area contributed by atoms with Crippen molar-refractivity contribution >= 4 is 66.9 Å². The molecule has 0 aliphatic rings. The zero-order valence-corrected chi connectivity index (χ0v) is 55.2. The van der Waals surface area contributed by atoms with Crippen LogP contribution in [0.5, 0.6) is 0 Å². The van der Waals surface area contributed by atoms with Crippen molar-refractivity contribution in [2.45, 2.75) is 277 Å². The Labute approximate surface area is 523 Å². The molecule has 0 radical (unpaired) electrons. The molecule has 0 bridgehead atoms. The van der Waals surface area contributed by atoms with Crippen LogP contribution in [-0.4, -0.2) is 155 Å². The molecule has 0 saturated carbocycles. The molecule has 0 heterocycles. The van der Waals surface area contributed by atoms with Crippen LogP contribution in [0.2, 0.25) is 0 Å². The second-order valence-corrected chi connectivity index (χ2v) is 26.6. The fraction of sp³-hybridized carbons (Fsp3) is 0.836. The Morgan fingerprint density at radius 1 is 0.398 bits per heavy atom. The largest absolute Gasteiger partial charge is 0.481 e. The van der Waals surface area contributed by atoms with E-state index in [0.29, 0.717) is 38.5 Å². The van der Waals surface area contributed by atoms with Crippen LogP contribution in [0.15, 0.2) is 0 Å². The van der Waals surface area contributed by atoms with Crippen LogP contribution in [0.1, 0.15) is 229 Å². The van der Waals surface area contributed by atoms with Gasteiger partial charge in [-0.2, -0.15) is 0 Å². The first-order chi connectivity index (χ1) is 41.6. The molecule has 88 heavy (non-hydrogen) atoms. The highest BCUT2D eigenvalue weighted by Gasteiger charge is 2.36. The predicted molar refractivity (Wildman–Crippen MR) is 337 cm³/mol. The average molecular weight is 1280 g/mol. The quantitative estimate of drug-likeness (QED) is 0.0258. The maximum Gasteiger partial charge on any atom is 0.330 e. The van der Waals surface area contributed by atoms with Gasteiger partial charge in [0.2, 0.25) is 41.4 Å². The summed E-state index contributed by atoms with van der Waals surface area (Å²) in [6, 6.07) is -11.3. The van der Waals surface area contributed by atoms with Gasteiger partial charge in [-0.15, -0.1) is 0 Å². The van der Waals surface area contributed by atoms with E-state index in [0.717, 1.165) is 70.6 Å². The lowest BCUT2D eigenvalue weighted by Gasteiger charge is -2.28. The van der Waals surface area contributed by atoms with E-state index in [2.05, 4.69) is 51.1 Å². The van der Waals surface area contributed by atoms with E-state index in [4.69, 9.17) is 26.2 Å². The number of rotatable bonds is 55. The highest BCUT2D eigenvalue weighted by atomic mass is 31.2. The number of unbranched alkanes of at least 4 members (excludes halogenated alkanes) is 14. The second-order valence-electron chi connectivity index (χ2n) is 24.4. The molecule has 7 amide bonds. The summed E-state index contributed by atoms with van der Waals surface area (Å²) in [5.41, 5.74) is 17.8. The summed E-state index contributed by atoms with van der Waals surface area (Å²) >= 11 is 0. The summed E-state index contributed by atoms with van der Waals surface area (Å²) in [5.74, 6) is -10.8. The number of carbonyl (C=O) groups is 10. The van der Waals surface area contributed by atoms with Gasteiger partial charge in [0.1, 0.15) is 48.3 Å². The van der Waals surface area contributed by atoms with E-state index in [1.165, 1.54) is 6.42 Å². The molecule has 0 aliphatic carbocycles. The molecule has 0 fully saturated rings. The first-order valence-corrected chi connectivity index (χ1v) is 34.2. The molecule has 16 N–H and O–H groups in total. The molecule has 510 valence electrons. The highest BCUT2D eigenvalue weighted by molar-refractivity contribution is 7.53. The van der Waals surface area contributed by atoms with E-state index in [-0.39, 0.29) is 75.7 Å². The van der Waals surface area contributed by atoms with Crippen molar-refractivity contribution in [3.63, 3.8) is 0 Å². The smallest absolute Gasteiger partial charge is 0.330 e. The summed E-state index contributed by atoms with van der Waals surface area (Å²) in [7, 11) is -3.70. The minimum absolute atomic E-state index is 0.00114. The Morgan fingerprint density at radius 3 is 1.08 bits per heavy atom. The van der Waals surface area contributed by atoms with Crippen molar-refractivity contribution in [1.82, 2.24) is 37.2 Å². The SMILES string of the molecule is CCCCCCCCCCP(=O)(OCCCCCCCC)OC[C@H](N)C(=O)N[C@@H](CCCCN)C(=O)N[C@@H](CCC(=O)O)C(=O)N[C@@H](CC(C)C)C(=O)N[C@@H](CCC(=O)O)C(=O)N[C@@H](CCCCN)C(=O)N[C@@H](CC(C)C)C(=O)N[C@@H](CC(C)C)C(=O)O. The van der Waals surface area contributed by atoms with Crippen molar-refractivity contribution in [1.29, 1.82) is 0 Å².